The fraction of sp³-hybridized carbons (Fsp3) is 0.417. The van der Waals surface area contributed by atoms with Gasteiger partial charge in [0, 0.05) is 12.1 Å². The zero-order chi connectivity index (χ0) is 12.8. The normalized spacial score (nSPS) is 12.2. The van der Waals surface area contributed by atoms with Crippen LogP contribution in [-0.2, 0) is 0 Å². The van der Waals surface area contributed by atoms with Crippen LogP contribution in [0.25, 0.3) is 0 Å². The Labute approximate surface area is 105 Å². The van der Waals surface area contributed by atoms with Gasteiger partial charge in [0.2, 0.25) is 0 Å². The van der Waals surface area contributed by atoms with Crippen LogP contribution in [0.4, 0.5) is 0 Å². The Kier molecular flexibility index (Phi) is 5.25. The first kappa shape index (κ1) is 13.8. The second-order valence-electron chi connectivity index (χ2n) is 3.91. The summed E-state index contributed by atoms with van der Waals surface area (Å²) < 4.78 is 0. The Balaban J connectivity index is 2.44. The first-order chi connectivity index (χ1) is 8.00. The molecule has 4 nitrogen and oxygen atoms in total. The molecule has 0 radical (unpaired) electrons. The lowest BCUT2D eigenvalue weighted by molar-refractivity contribution is 0.0949. The Bertz CT molecular complexity index is 393. The van der Waals surface area contributed by atoms with E-state index in [1.807, 2.05) is 0 Å². The van der Waals surface area contributed by atoms with Crippen molar-refractivity contribution in [3.05, 3.63) is 28.8 Å². The smallest absolute Gasteiger partial charge is 0.251 e. The molecule has 0 aliphatic heterocycles. The molecule has 0 heterocycles. The van der Waals surface area contributed by atoms with Crippen molar-refractivity contribution in [3.8, 4) is 5.75 Å². The number of carbonyl (C=O) groups excluding carboxylic acids is 1. The van der Waals surface area contributed by atoms with Crippen molar-refractivity contribution in [3.63, 3.8) is 0 Å². The molecule has 1 amide bonds. The number of phenolic OH excluding ortho intramolecular Hbond substituents is 1. The predicted molar refractivity (Wildman–Crippen MR) is 66.4 cm³/mol. The van der Waals surface area contributed by atoms with Crippen LogP contribution < -0.4 is 5.32 Å². The molecule has 17 heavy (non-hydrogen) atoms. The third kappa shape index (κ3) is 4.63. The molecule has 0 aliphatic carbocycles. The van der Waals surface area contributed by atoms with Crippen molar-refractivity contribution in [2.45, 2.75) is 25.9 Å². The van der Waals surface area contributed by atoms with Crippen LogP contribution in [0.2, 0.25) is 5.02 Å². The number of aromatic hydroxyl groups is 1. The highest BCUT2D eigenvalue weighted by Gasteiger charge is 2.07. The van der Waals surface area contributed by atoms with Gasteiger partial charge in [-0.25, -0.2) is 0 Å². The van der Waals surface area contributed by atoms with E-state index in [-0.39, 0.29) is 22.8 Å². The number of halogens is 1. The first-order valence-electron chi connectivity index (χ1n) is 5.45. The topological polar surface area (TPSA) is 69.6 Å². The van der Waals surface area contributed by atoms with E-state index in [4.69, 9.17) is 16.7 Å². The van der Waals surface area contributed by atoms with Gasteiger partial charge in [0.25, 0.3) is 5.91 Å². The SMILES string of the molecule is CC(O)CCCNC(=O)c1ccc(O)c(Cl)c1. The van der Waals surface area contributed by atoms with Crippen LogP contribution in [0.15, 0.2) is 18.2 Å². The summed E-state index contributed by atoms with van der Waals surface area (Å²) >= 11 is 5.70. The monoisotopic (exact) mass is 257 g/mol. The number of phenols is 1. The van der Waals surface area contributed by atoms with Gasteiger partial charge in [-0.2, -0.15) is 0 Å². The Hall–Kier alpha value is -1.26. The molecule has 0 saturated carbocycles. The summed E-state index contributed by atoms with van der Waals surface area (Å²) in [5, 5.41) is 21.1. The van der Waals surface area contributed by atoms with E-state index in [1.165, 1.54) is 18.2 Å². The lowest BCUT2D eigenvalue weighted by Gasteiger charge is -2.07. The third-order valence-electron chi connectivity index (χ3n) is 2.29. The molecule has 0 saturated heterocycles. The molecule has 1 atom stereocenters. The van der Waals surface area contributed by atoms with E-state index in [1.54, 1.807) is 6.92 Å². The summed E-state index contributed by atoms with van der Waals surface area (Å²) in [6, 6.07) is 4.30. The maximum absolute atomic E-state index is 11.6. The van der Waals surface area contributed by atoms with Crippen molar-refractivity contribution < 1.29 is 15.0 Å². The fourth-order valence-corrected chi connectivity index (χ4v) is 1.53. The minimum atomic E-state index is -0.352. The molecular weight excluding hydrogens is 242 g/mol. The molecular formula is C12H16ClNO3. The average Bonchev–Trinajstić information content (AvgIpc) is 2.27. The summed E-state index contributed by atoms with van der Waals surface area (Å²) in [5.41, 5.74) is 0.407. The molecule has 1 unspecified atom stereocenters. The fourth-order valence-electron chi connectivity index (χ4n) is 1.35. The highest BCUT2D eigenvalue weighted by molar-refractivity contribution is 6.32. The maximum atomic E-state index is 11.6. The van der Waals surface area contributed by atoms with Crippen LogP contribution in [0.1, 0.15) is 30.1 Å². The van der Waals surface area contributed by atoms with E-state index in [2.05, 4.69) is 5.32 Å². The lowest BCUT2D eigenvalue weighted by atomic mass is 10.2. The molecule has 0 fully saturated rings. The van der Waals surface area contributed by atoms with Crippen LogP contribution >= 0.6 is 11.6 Å². The first-order valence-corrected chi connectivity index (χ1v) is 5.83. The van der Waals surface area contributed by atoms with Gasteiger partial charge in [-0.05, 0) is 38.0 Å². The summed E-state index contributed by atoms with van der Waals surface area (Å²) in [7, 11) is 0. The summed E-state index contributed by atoms with van der Waals surface area (Å²) in [4.78, 5) is 11.6. The predicted octanol–water partition coefficient (Wildman–Crippen LogP) is 1.94. The molecule has 5 heteroatoms. The van der Waals surface area contributed by atoms with Crippen molar-refractivity contribution in [1.82, 2.24) is 5.32 Å². The number of aliphatic hydroxyl groups excluding tert-OH is 1. The summed E-state index contributed by atoms with van der Waals surface area (Å²) in [6.45, 7) is 2.21. The van der Waals surface area contributed by atoms with Crippen LogP contribution in [0, 0.1) is 0 Å². The Morgan fingerprint density at radius 3 is 2.82 bits per heavy atom. The van der Waals surface area contributed by atoms with Gasteiger partial charge in [0.05, 0.1) is 11.1 Å². The number of hydrogen-bond acceptors (Lipinski definition) is 3. The Morgan fingerprint density at radius 2 is 2.24 bits per heavy atom. The van der Waals surface area contributed by atoms with Crippen LogP contribution in [0.3, 0.4) is 0 Å². The minimum absolute atomic E-state index is 0.0441. The highest BCUT2D eigenvalue weighted by Crippen LogP contribution is 2.23. The molecule has 0 aliphatic rings. The molecule has 94 valence electrons. The number of carbonyl (C=O) groups is 1. The molecule has 0 bridgehead atoms. The summed E-state index contributed by atoms with van der Waals surface area (Å²) in [6.07, 6.45) is 1.02. The number of nitrogens with one attached hydrogen (secondary N) is 1. The molecule has 3 N–H and O–H groups in total. The number of benzene rings is 1. The second kappa shape index (κ2) is 6.47. The average molecular weight is 258 g/mol. The largest absolute Gasteiger partial charge is 0.506 e. The number of rotatable bonds is 5. The van der Waals surface area contributed by atoms with Gasteiger partial charge in [0.1, 0.15) is 5.75 Å². The Morgan fingerprint density at radius 1 is 1.53 bits per heavy atom. The lowest BCUT2D eigenvalue weighted by Crippen LogP contribution is -2.25. The standard InChI is InChI=1S/C12H16ClNO3/c1-8(15)3-2-6-14-12(17)9-4-5-11(16)10(13)7-9/h4-5,7-8,15-16H,2-3,6H2,1H3,(H,14,17). The van der Waals surface area contributed by atoms with Gasteiger partial charge in [-0.3, -0.25) is 4.79 Å². The van der Waals surface area contributed by atoms with Gasteiger partial charge < -0.3 is 15.5 Å². The van der Waals surface area contributed by atoms with Crippen molar-refractivity contribution in [2.24, 2.45) is 0 Å². The molecule has 0 aromatic heterocycles. The van der Waals surface area contributed by atoms with Crippen molar-refractivity contribution in [1.29, 1.82) is 0 Å². The summed E-state index contributed by atoms with van der Waals surface area (Å²) in [5.74, 6) is -0.283. The van der Waals surface area contributed by atoms with E-state index in [0.29, 0.717) is 18.5 Å². The number of amides is 1. The van der Waals surface area contributed by atoms with Crippen molar-refractivity contribution >= 4 is 17.5 Å². The van der Waals surface area contributed by atoms with Crippen LogP contribution in [-0.4, -0.2) is 28.8 Å². The van der Waals surface area contributed by atoms with E-state index in [0.717, 1.165) is 6.42 Å². The number of hydrogen-bond donors (Lipinski definition) is 3. The van der Waals surface area contributed by atoms with E-state index < -0.39 is 0 Å². The zero-order valence-corrected chi connectivity index (χ0v) is 10.4. The molecule has 1 rings (SSSR count). The quantitative estimate of drug-likeness (QED) is 0.706. The van der Waals surface area contributed by atoms with Crippen molar-refractivity contribution in [2.75, 3.05) is 6.54 Å². The highest BCUT2D eigenvalue weighted by atomic mass is 35.5. The van der Waals surface area contributed by atoms with Gasteiger partial charge >= 0.3 is 0 Å². The van der Waals surface area contributed by atoms with Crippen LogP contribution in [0.5, 0.6) is 5.75 Å². The zero-order valence-electron chi connectivity index (χ0n) is 9.61. The van der Waals surface area contributed by atoms with Gasteiger partial charge in [0.15, 0.2) is 0 Å². The second-order valence-corrected chi connectivity index (χ2v) is 4.32. The maximum Gasteiger partial charge on any atom is 0.251 e. The molecule has 0 spiro atoms. The number of aliphatic hydroxyl groups is 1. The van der Waals surface area contributed by atoms with Gasteiger partial charge in [-0.1, -0.05) is 11.6 Å². The minimum Gasteiger partial charge on any atom is -0.506 e. The molecule has 1 aromatic rings. The van der Waals surface area contributed by atoms with Gasteiger partial charge in [-0.15, -0.1) is 0 Å². The van der Waals surface area contributed by atoms with E-state index in [9.17, 15) is 9.90 Å². The molecule has 1 aromatic carbocycles. The third-order valence-corrected chi connectivity index (χ3v) is 2.60. The van der Waals surface area contributed by atoms with E-state index >= 15 is 0 Å².